The van der Waals surface area contributed by atoms with Crippen molar-refractivity contribution >= 4 is 6.09 Å². The van der Waals surface area contributed by atoms with Crippen molar-refractivity contribution in [2.75, 3.05) is 26.4 Å². The average Bonchev–Trinajstić information content (AvgIpc) is 2.33. The molecule has 3 heterocycles. The van der Waals surface area contributed by atoms with Crippen LogP contribution in [0, 0.1) is 5.41 Å². The topological polar surface area (TPSA) is 48.0 Å². The maximum atomic E-state index is 12.5. The minimum absolute atomic E-state index is 0.00180. The third-order valence-corrected chi connectivity index (χ3v) is 4.43. The normalized spacial score (nSPS) is 30.4. The van der Waals surface area contributed by atoms with Crippen LogP contribution in [0.4, 0.5) is 4.79 Å². The summed E-state index contributed by atoms with van der Waals surface area (Å²) in [6.45, 7) is 10.8. The molecule has 0 aromatic rings. The number of hydrogen-bond donors (Lipinski definition) is 0. The first-order chi connectivity index (χ1) is 10.3. The van der Waals surface area contributed by atoms with Gasteiger partial charge in [0, 0.05) is 5.41 Å². The van der Waals surface area contributed by atoms with E-state index in [1.165, 1.54) is 5.57 Å². The fraction of sp³-hybridized carbons (Fsp3) is 0.824. The minimum Gasteiger partial charge on any atom is -0.444 e. The zero-order valence-corrected chi connectivity index (χ0v) is 14.1. The van der Waals surface area contributed by atoms with Gasteiger partial charge in [0.05, 0.1) is 38.5 Å². The highest BCUT2D eigenvalue weighted by Gasteiger charge is 2.42. The molecule has 2 bridgehead atoms. The molecule has 0 aromatic heterocycles. The highest BCUT2D eigenvalue weighted by Crippen LogP contribution is 2.38. The number of amides is 1. The second kappa shape index (κ2) is 5.53. The molecule has 0 N–H and O–H groups in total. The molecule has 0 aliphatic carbocycles. The van der Waals surface area contributed by atoms with Crippen molar-refractivity contribution in [3.8, 4) is 0 Å². The van der Waals surface area contributed by atoms with Gasteiger partial charge in [0.2, 0.25) is 0 Å². The molecule has 3 aliphatic rings. The lowest BCUT2D eigenvalue weighted by molar-refractivity contribution is -0.103. The summed E-state index contributed by atoms with van der Waals surface area (Å²) >= 11 is 0. The SMILES string of the molecule is CC1(CC2=CC3COCC(C2)N3C(=O)OC(C)(C)C)COC1. The van der Waals surface area contributed by atoms with Gasteiger partial charge in [-0.3, -0.25) is 4.90 Å². The summed E-state index contributed by atoms with van der Waals surface area (Å²) in [6.07, 6.45) is 3.93. The zero-order chi connectivity index (χ0) is 16.0. The van der Waals surface area contributed by atoms with Gasteiger partial charge in [0.1, 0.15) is 5.60 Å². The van der Waals surface area contributed by atoms with Crippen molar-refractivity contribution in [2.24, 2.45) is 5.41 Å². The Hall–Kier alpha value is -1.07. The van der Waals surface area contributed by atoms with E-state index < -0.39 is 5.60 Å². The molecule has 2 atom stereocenters. The fourth-order valence-corrected chi connectivity index (χ4v) is 3.52. The molecular formula is C17H27NO4. The number of hydrogen-bond acceptors (Lipinski definition) is 4. The van der Waals surface area contributed by atoms with E-state index in [4.69, 9.17) is 14.2 Å². The molecule has 0 radical (unpaired) electrons. The van der Waals surface area contributed by atoms with Crippen molar-refractivity contribution in [3.05, 3.63) is 11.6 Å². The second-order valence-electron chi connectivity index (χ2n) is 8.16. The lowest BCUT2D eigenvalue weighted by atomic mass is 9.78. The molecule has 2 saturated heterocycles. The van der Waals surface area contributed by atoms with Crippen LogP contribution < -0.4 is 0 Å². The summed E-state index contributed by atoms with van der Waals surface area (Å²) in [7, 11) is 0. The lowest BCUT2D eigenvalue weighted by Crippen LogP contribution is -2.57. The predicted octanol–water partition coefficient (Wildman–Crippen LogP) is 2.75. The van der Waals surface area contributed by atoms with Crippen molar-refractivity contribution in [1.29, 1.82) is 0 Å². The maximum absolute atomic E-state index is 12.5. The summed E-state index contributed by atoms with van der Waals surface area (Å²) in [6, 6.07) is 0.0974. The highest BCUT2D eigenvalue weighted by molar-refractivity contribution is 5.70. The molecular weight excluding hydrogens is 282 g/mol. The van der Waals surface area contributed by atoms with E-state index in [-0.39, 0.29) is 23.6 Å². The van der Waals surface area contributed by atoms with Gasteiger partial charge in [-0.05, 0) is 33.6 Å². The zero-order valence-electron chi connectivity index (χ0n) is 14.1. The standard InChI is InChI=1S/C17H27NO4/c1-16(2,3)22-15(19)18-13-5-12(6-14(18)9-20-8-13)7-17(4)10-21-11-17/h5,13-14H,6-11H2,1-4H3. The molecule has 5 heteroatoms. The quantitative estimate of drug-likeness (QED) is 0.736. The molecule has 2 unspecified atom stereocenters. The van der Waals surface area contributed by atoms with Gasteiger partial charge in [-0.25, -0.2) is 4.79 Å². The van der Waals surface area contributed by atoms with E-state index in [0.717, 1.165) is 26.1 Å². The molecule has 0 spiro atoms. The minimum atomic E-state index is -0.465. The summed E-state index contributed by atoms with van der Waals surface area (Å²) < 4.78 is 16.6. The Morgan fingerprint density at radius 1 is 1.36 bits per heavy atom. The van der Waals surface area contributed by atoms with Crippen molar-refractivity contribution in [1.82, 2.24) is 4.90 Å². The Bertz CT molecular complexity index is 476. The Kier molecular flexibility index (Phi) is 3.98. The second-order valence-corrected chi connectivity index (χ2v) is 8.16. The summed E-state index contributed by atoms with van der Waals surface area (Å²) in [4.78, 5) is 14.4. The fourth-order valence-electron chi connectivity index (χ4n) is 3.52. The first-order valence-electron chi connectivity index (χ1n) is 8.12. The van der Waals surface area contributed by atoms with E-state index in [1.807, 2.05) is 25.7 Å². The molecule has 2 fully saturated rings. The third-order valence-electron chi connectivity index (χ3n) is 4.43. The molecule has 1 amide bonds. The Labute approximate surface area is 132 Å². The molecule has 3 aliphatic heterocycles. The Morgan fingerprint density at radius 3 is 2.64 bits per heavy atom. The first-order valence-corrected chi connectivity index (χ1v) is 8.12. The van der Waals surface area contributed by atoms with Gasteiger partial charge in [-0.15, -0.1) is 0 Å². The van der Waals surface area contributed by atoms with Crippen LogP contribution in [-0.4, -0.2) is 55.1 Å². The first kappa shape index (κ1) is 15.8. The maximum Gasteiger partial charge on any atom is 0.411 e. The number of carbonyl (C=O) groups excluding carboxylic acids is 1. The van der Waals surface area contributed by atoms with Gasteiger partial charge in [0.15, 0.2) is 0 Å². The molecule has 5 nitrogen and oxygen atoms in total. The summed E-state index contributed by atoms with van der Waals surface area (Å²) in [5, 5.41) is 0. The van der Waals surface area contributed by atoms with Gasteiger partial charge in [-0.1, -0.05) is 18.6 Å². The number of carbonyl (C=O) groups is 1. The number of morpholine rings is 1. The van der Waals surface area contributed by atoms with Crippen molar-refractivity contribution < 1.29 is 19.0 Å². The van der Waals surface area contributed by atoms with Gasteiger partial charge in [-0.2, -0.15) is 0 Å². The summed E-state index contributed by atoms with van der Waals surface area (Å²) in [5.41, 5.74) is 1.24. The van der Waals surface area contributed by atoms with Crippen LogP contribution in [0.5, 0.6) is 0 Å². The highest BCUT2D eigenvalue weighted by atomic mass is 16.6. The number of fused-ring (bicyclic) bond motifs is 2. The molecule has 22 heavy (non-hydrogen) atoms. The molecule has 124 valence electrons. The van der Waals surface area contributed by atoms with Gasteiger partial charge in [0.25, 0.3) is 0 Å². The number of rotatable bonds is 2. The van der Waals surface area contributed by atoms with Crippen LogP contribution in [-0.2, 0) is 14.2 Å². The lowest BCUT2D eigenvalue weighted by Gasteiger charge is -2.46. The van der Waals surface area contributed by atoms with E-state index in [1.54, 1.807) is 0 Å². The monoisotopic (exact) mass is 309 g/mol. The van der Waals surface area contributed by atoms with Gasteiger partial charge >= 0.3 is 6.09 Å². The van der Waals surface area contributed by atoms with Crippen LogP contribution >= 0.6 is 0 Å². The Balaban J connectivity index is 1.72. The largest absolute Gasteiger partial charge is 0.444 e. The predicted molar refractivity (Wildman–Crippen MR) is 82.7 cm³/mol. The van der Waals surface area contributed by atoms with Crippen LogP contribution in [0.1, 0.15) is 40.5 Å². The van der Waals surface area contributed by atoms with Crippen LogP contribution in [0.2, 0.25) is 0 Å². The van der Waals surface area contributed by atoms with E-state index in [9.17, 15) is 4.79 Å². The van der Waals surface area contributed by atoms with Crippen LogP contribution in [0.15, 0.2) is 11.6 Å². The molecule has 0 saturated carbocycles. The van der Waals surface area contributed by atoms with Crippen LogP contribution in [0.25, 0.3) is 0 Å². The van der Waals surface area contributed by atoms with Crippen LogP contribution in [0.3, 0.4) is 0 Å². The van der Waals surface area contributed by atoms with Crippen molar-refractivity contribution in [2.45, 2.75) is 58.2 Å². The average molecular weight is 309 g/mol. The smallest absolute Gasteiger partial charge is 0.411 e. The van der Waals surface area contributed by atoms with Crippen molar-refractivity contribution in [3.63, 3.8) is 0 Å². The molecule has 0 aromatic carbocycles. The summed E-state index contributed by atoms with van der Waals surface area (Å²) in [5.74, 6) is 0. The molecule has 3 rings (SSSR count). The third kappa shape index (κ3) is 3.30. The van der Waals surface area contributed by atoms with E-state index >= 15 is 0 Å². The van der Waals surface area contributed by atoms with Gasteiger partial charge < -0.3 is 14.2 Å². The Morgan fingerprint density at radius 2 is 2.09 bits per heavy atom. The van der Waals surface area contributed by atoms with E-state index in [2.05, 4.69) is 13.0 Å². The number of ether oxygens (including phenoxy) is 3. The number of nitrogens with zero attached hydrogens (tertiary/aromatic N) is 1. The van der Waals surface area contributed by atoms with E-state index in [0.29, 0.717) is 13.2 Å².